The van der Waals surface area contributed by atoms with Gasteiger partial charge in [0.1, 0.15) is 0 Å². The van der Waals surface area contributed by atoms with Gasteiger partial charge in [-0.15, -0.1) is 0 Å². The van der Waals surface area contributed by atoms with Crippen molar-refractivity contribution >= 4 is 0 Å². The van der Waals surface area contributed by atoms with E-state index in [4.69, 9.17) is 0 Å². The van der Waals surface area contributed by atoms with Crippen molar-refractivity contribution in [3.63, 3.8) is 0 Å². The molecule has 1 heteroatoms. The van der Waals surface area contributed by atoms with Crippen LogP contribution in [0.5, 0.6) is 0 Å². The minimum absolute atomic E-state index is 0.889. The maximum Gasteiger partial charge on any atom is 0.0239 e. The number of hydrogen-bond donors (Lipinski definition) is 0. The van der Waals surface area contributed by atoms with Gasteiger partial charge in [-0.05, 0) is 38.2 Å². The van der Waals surface area contributed by atoms with E-state index in [1.54, 1.807) is 0 Å². The smallest absolute Gasteiger partial charge is 0.0239 e. The van der Waals surface area contributed by atoms with E-state index in [0.717, 1.165) is 12.1 Å². The molecule has 0 radical (unpaired) electrons. The largest absolute Gasteiger partial charge is 0.293 e. The molecule has 2 aliphatic rings. The van der Waals surface area contributed by atoms with Crippen LogP contribution in [0.15, 0.2) is 24.3 Å². The zero-order valence-electron chi connectivity index (χ0n) is 10.2. The molecule has 2 atom stereocenters. The predicted octanol–water partition coefficient (Wildman–Crippen LogP) is 3.51. The van der Waals surface area contributed by atoms with Crippen LogP contribution in [0, 0.1) is 6.92 Å². The van der Waals surface area contributed by atoms with Crippen LogP contribution in [0.3, 0.4) is 0 Å². The Kier molecular flexibility index (Phi) is 2.72. The minimum Gasteiger partial charge on any atom is -0.293 e. The molecule has 86 valence electrons. The highest BCUT2D eigenvalue weighted by atomic mass is 15.2. The molecule has 0 saturated carbocycles. The molecule has 16 heavy (non-hydrogen) atoms. The second-order valence-corrected chi connectivity index (χ2v) is 5.47. The van der Waals surface area contributed by atoms with Crippen LogP contribution < -0.4 is 0 Å². The number of fused-ring (bicyclic) bond motifs is 2. The number of nitrogens with zero attached hydrogens (tertiary/aromatic N) is 1. The molecule has 3 rings (SSSR count). The first-order valence-electron chi connectivity index (χ1n) is 6.64. The highest BCUT2D eigenvalue weighted by molar-refractivity contribution is 5.21. The summed E-state index contributed by atoms with van der Waals surface area (Å²) in [5.41, 5.74) is 2.86. The van der Waals surface area contributed by atoms with Gasteiger partial charge in [0.2, 0.25) is 0 Å². The van der Waals surface area contributed by atoms with Gasteiger partial charge in [-0.2, -0.15) is 0 Å². The minimum atomic E-state index is 0.889. The molecule has 0 spiro atoms. The van der Waals surface area contributed by atoms with Crippen LogP contribution in [0.4, 0.5) is 0 Å². The van der Waals surface area contributed by atoms with Crippen molar-refractivity contribution in [3.8, 4) is 0 Å². The highest BCUT2D eigenvalue weighted by Gasteiger charge is 2.35. The van der Waals surface area contributed by atoms with Gasteiger partial charge in [0.25, 0.3) is 0 Å². The number of piperidine rings is 1. The molecule has 0 N–H and O–H groups in total. The van der Waals surface area contributed by atoms with Gasteiger partial charge in [0, 0.05) is 18.6 Å². The Morgan fingerprint density at radius 3 is 2.25 bits per heavy atom. The van der Waals surface area contributed by atoms with Crippen molar-refractivity contribution in [1.29, 1.82) is 0 Å². The molecular weight excluding hydrogens is 194 g/mol. The average molecular weight is 215 g/mol. The van der Waals surface area contributed by atoms with E-state index in [1.807, 2.05) is 0 Å². The summed E-state index contributed by atoms with van der Waals surface area (Å²) in [5, 5.41) is 0. The summed E-state index contributed by atoms with van der Waals surface area (Å²) < 4.78 is 0. The summed E-state index contributed by atoms with van der Waals surface area (Å²) in [5.74, 6) is 0. The van der Waals surface area contributed by atoms with Gasteiger partial charge in [-0.3, -0.25) is 4.90 Å². The maximum absolute atomic E-state index is 2.76. The zero-order chi connectivity index (χ0) is 11.0. The fourth-order valence-electron chi connectivity index (χ4n) is 3.39. The van der Waals surface area contributed by atoms with Crippen molar-refractivity contribution in [1.82, 2.24) is 4.90 Å². The van der Waals surface area contributed by atoms with Gasteiger partial charge in [0.05, 0.1) is 0 Å². The number of aryl methyl sites for hydroxylation is 1. The highest BCUT2D eigenvalue weighted by Crippen LogP contribution is 2.36. The van der Waals surface area contributed by atoms with E-state index < -0.39 is 0 Å². The zero-order valence-corrected chi connectivity index (χ0v) is 10.2. The standard InChI is InChI=1S/C15H21N/c1-12-5-7-13(8-6-12)11-16-14-3-2-4-15(16)10-9-14/h5-8,14-15H,2-4,9-11H2,1H3. The Labute approximate surface area is 98.5 Å². The first-order valence-corrected chi connectivity index (χ1v) is 6.64. The molecule has 0 amide bonds. The van der Waals surface area contributed by atoms with E-state index in [1.165, 1.54) is 49.8 Å². The normalized spacial score (nSPS) is 29.6. The molecule has 2 fully saturated rings. The molecule has 2 saturated heterocycles. The third-order valence-corrected chi connectivity index (χ3v) is 4.33. The summed E-state index contributed by atoms with van der Waals surface area (Å²) in [6, 6.07) is 10.8. The third kappa shape index (κ3) is 1.89. The number of rotatable bonds is 2. The molecule has 2 heterocycles. The van der Waals surface area contributed by atoms with E-state index in [-0.39, 0.29) is 0 Å². The lowest BCUT2D eigenvalue weighted by Gasteiger charge is -2.34. The fourth-order valence-corrected chi connectivity index (χ4v) is 3.39. The molecule has 2 unspecified atom stereocenters. The third-order valence-electron chi connectivity index (χ3n) is 4.33. The molecule has 0 aromatic heterocycles. The summed E-state index contributed by atoms with van der Waals surface area (Å²) in [6.45, 7) is 3.34. The van der Waals surface area contributed by atoms with E-state index >= 15 is 0 Å². The molecular formula is C15H21N. The Bertz CT molecular complexity index is 338. The van der Waals surface area contributed by atoms with Crippen LogP contribution in [-0.2, 0) is 6.54 Å². The van der Waals surface area contributed by atoms with Crippen molar-refractivity contribution in [2.24, 2.45) is 0 Å². The summed E-state index contributed by atoms with van der Waals surface area (Å²) in [7, 11) is 0. The Morgan fingerprint density at radius 2 is 1.62 bits per heavy atom. The predicted molar refractivity (Wildman–Crippen MR) is 67.4 cm³/mol. The van der Waals surface area contributed by atoms with Crippen LogP contribution in [0.1, 0.15) is 43.2 Å². The molecule has 1 aromatic carbocycles. The Morgan fingerprint density at radius 1 is 1.00 bits per heavy atom. The lowest BCUT2D eigenvalue weighted by atomic mass is 10.0. The Balaban J connectivity index is 1.72. The van der Waals surface area contributed by atoms with E-state index in [0.29, 0.717) is 0 Å². The monoisotopic (exact) mass is 215 g/mol. The summed E-state index contributed by atoms with van der Waals surface area (Å²) in [6.07, 6.45) is 7.21. The molecule has 2 bridgehead atoms. The maximum atomic E-state index is 2.76. The van der Waals surface area contributed by atoms with Crippen molar-refractivity contribution in [2.75, 3.05) is 0 Å². The lowest BCUT2D eigenvalue weighted by Crippen LogP contribution is -2.38. The SMILES string of the molecule is Cc1ccc(CN2C3CCCC2CC3)cc1. The van der Waals surface area contributed by atoms with Crippen molar-refractivity contribution < 1.29 is 0 Å². The number of hydrogen-bond acceptors (Lipinski definition) is 1. The van der Waals surface area contributed by atoms with Gasteiger partial charge in [-0.1, -0.05) is 36.2 Å². The second kappa shape index (κ2) is 4.21. The van der Waals surface area contributed by atoms with Crippen LogP contribution >= 0.6 is 0 Å². The lowest BCUT2D eigenvalue weighted by molar-refractivity contribution is 0.132. The quantitative estimate of drug-likeness (QED) is 0.729. The first kappa shape index (κ1) is 10.3. The Hall–Kier alpha value is -0.820. The average Bonchev–Trinajstić information content (AvgIpc) is 2.52. The molecule has 0 aliphatic carbocycles. The van der Waals surface area contributed by atoms with Crippen LogP contribution in [0.2, 0.25) is 0 Å². The van der Waals surface area contributed by atoms with E-state index in [2.05, 4.69) is 36.1 Å². The van der Waals surface area contributed by atoms with Crippen molar-refractivity contribution in [3.05, 3.63) is 35.4 Å². The fraction of sp³-hybridized carbons (Fsp3) is 0.600. The van der Waals surface area contributed by atoms with E-state index in [9.17, 15) is 0 Å². The topological polar surface area (TPSA) is 3.24 Å². The first-order chi connectivity index (χ1) is 7.83. The molecule has 1 aromatic rings. The van der Waals surface area contributed by atoms with Crippen LogP contribution in [-0.4, -0.2) is 17.0 Å². The number of benzene rings is 1. The summed E-state index contributed by atoms with van der Waals surface area (Å²) in [4.78, 5) is 2.76. The molecule has 1 nitrogen and oxygen atoms in total. The van der Waals surface area contributed by atoms with Gasteiger partial charge in [0.15, 0.2) is 0 Å². The molecule has 2 aliphatic heterocycles. The van der Waals surface area contributed by atoms with Crippen molar-refractivity contribution in [2.45, 2.75) is 57.7 Å². The second-order valence-electron chi connectivity index (χ2n) is 5.47. The summed E-state index contributed by atoms with van der Waals surface area (Å²) >= 11 is 0. The van der Waals surface area contributed by atoms with Gasteiger partial charge < -0.3 is 0 Å². The van der Waals surface area contributed by atoms with Gasteiger partial charge in [-0.25, -0.2) is 0 Å². The van der Waals surface area contributed by atoms with Crippen LogP contribution in [0.25, 0.3) is 0 Å². The van der Waals surface area contributed by atoms with Gasteiger partial charge >= 0.3 is 0 Å².